The molecule has 0 saturated carbocycles. The second-order valence-electron chi connectivity index (χ2n) is 16.5. The van der Waals surface area contributed by atoms with Crippen molar-refractivity contribution in [3.8, 4) is 5.75 Å². The number of likely N-dealkylation sites (tertiary alicyclic amines) is 2. The molecule has 0 spiro atoms. The highest BCUT2D eigenvalue weighted by Gasteiger charge is 2.39. The molecule has 15 heteroatoms. The maximum absolute atomic E-state index is 16.3. The lowest BCUT2D eigenvalue weighted by molar-refractivity contribution is -0.120. The van der Waals surface area contributed by atoms with Gasteiger partial charge >= 0.3 is 6.03 Å². The summed E-state index contributed by atoms with van der Waals surface area (Å²) in [5.74, 6) is 0.127. The summed E-state index contributed by atoms with van der Waals surface area (Å²) in [6.07, 6.45) is 6.23. The van der Waals surface area contributed by atoms with Gasteiger partial charge in [-0.05, 0) is 85.5 Å². The number of hydrogen-bond acceptors (Lipinski definition) is 10. The van der Waals surface area contributed by atoms with Gasteiger partial charge in [0.05, 0.1) is 17.8 Å². The van der Waals surface area contributed by atoms with Crippen LogP contribution in [-0.4, -0.2) is 107 Å². The third-order valence-corrected chi connectivity index (χ3v) is 12.6. The van der Waals surface area contributed by atoms with E-state index in [2.05, 4.69) is 27.0 Å². The maximum atomic E-state index is 16.3. The summed E-state index contributed by atoms with van der Waals surface area (Å²) in [5.41, 5.74) is 23.0. The third kappa shape index (κ3) is 8.50. The molecule has 5 heterocycles. The summed E-state index contributed by atoms with van der Waals surface area (Å²) in [4.78, 5) is 45.3. The predicted molar refractivity (Wildman–Crippen MR) is 228 cm³/mol. The van der Waals surface area contributed by atoms with Crippen molar-refractivity contribution in [2.45, 2.75) is 49.8 Å². The van der Waals surface area contributed by atoms with Crippen LogP contribution in [-0.2, 0) is 16.6 Å². The normalized spacial score (nSPS) is 20.7. The van der Waals surface area contributed by atoms with Crippen LogP contribution in [0, 0.1) is 0 Å². The number of fused-ring (bicyclic) bond motifs is 1. The summed E-state index contributed by atoms with van der Waals surface area (Å²) in [5, 5.41) is 13.8. The zero-order valence-corrected chi connectivity index (χ0v) is 34.0. The van der Waals surface area contributed by atoms with Gasteiger partial charge in [0.15, 0.2) is 0 Å². The molecule has 8 N–H and O–H groups in total. The van der Waals surface area contributed by atoms with Crippen molar-refractivity contribution in [2.24, 2.45) is 24.2 Å². The molecule has 60 heavy (non-hydrogen) atoms. The van der Waals surface area contributed by atoms with Crippen LogP contribution < -0.4 is 27.4 Å². The number of phenols is 1. The predicted octanol–water partition coefficient (Wildman–Crippen LogP) is 4.61. The molecular weight excluding hydrogens is 766 g/mol. The fraction of sp³-hybridized carbons (Fsp3) is 0.400. The van der Waals surface area contributed by atoms with Crippen molar-refractivity contribution in [3.63, 3.8) is 0 Å². The van der Waals surface area contributed by atoms with Gasteiger partial charge in [-0.1, -0.05) is 30.3 Å². The highest BCUT2D eigenvalue weighted by Crippen LogP contribution is 2.38. The number of para-hydroxylation sites is 1. The SMILES string of the molecule is Cn1cc(C2CCN(CC3(F)CCN(C(=O)c4ccc(C5CN(C(/C=C(\N)c6ccccc6O)=C(N)N)CCO5)cc4)CC3)CC2)c2ccc(N3CCC(=O)NC3=O)cc21. The Morgan fingerprint density at radius 1 is 0.950 bits per heavy atom. The molecule has 1 atom stereocenters. The first-order chi connectivity index (χ1) is 28.9. The number of halogens is 1. The molecule has 4 aliphatic heterocycles. The van der Waals surface area contributed by atoms with E-state index in [-0.39, 0.29) is 35.9 Å². The van der Waals surface area contributed by atoms with Crippen LogP contribution in [0.25, 0.3) is 16.6 Å². The topological polar surface area (TPSA) is 189 Å². The fourth-order valence-corrected chi connectivity index (χ4v) is 9.17. The highest BCUT2D eigenvalue weighted by atomic mass is 19.1. The standard InChI is InChI=1S/C45H54FN9O5/c1-51-26-35(33-11-10-32(24-37(33)51)55-19-14-41(57)50-44(55)59)29-12-17-52(18-13-29)28-45(46)15-20-53(21-16-45)43(58)31-8-6-30(7-9-31)40-27-54(22-23-60-40)38(42(48)49)25-36(47)34-4-2-3-5-39(34)56/h2-11,24-26,29,40,56H,12-23,27-28,47-49H2,1H3,(H,50,57,59)/b36-25-. The lowest BCUT2D eigenvalue weighted by Crippen LogP contribution is -2.50. The number of aromatic nitrogens is 1. The second-order valence-corrected chi connectivity index (χ2v) is 16.5. The van der Waals surface area contributed by atoms with Crippen molar-refractivity contribution in [2.75, 3.05) is 63.9 Å². The summed E-state index contributed by atoms with van der Waals surface area (Å²) >= 11 is 0. The number of aryl methyl sites for hydroxylation is 1. The summed E-state index contributed by atoms with van der Waals surface area (Å²) in [6.45, 7) is 4.42. The number of allylic oxidation sites excluding steroid dienone is 1. The van der Waals surface area contributed by atoms with Crippen molar-refractivity contribution < 1.29 is 28.6 Å². The van der Waals surface area contributed by atoms with E-state index < -0.39 is 11.7 Å². The minimum atomic E-state index is -1.36. The number of hydrogen-bond donors (Lipinski definition) is 5. The third-order valence-electron chi connectivity index (χ3n) is 12.6. The Bertz CT molecular complexity index is 2320. The van der Waals surface area contributed by atoms with Crippen LogP contribution in [0.3, 0.4) is 0 Å². The second kappa shape index (κ2) is 16.9. The number of urea groups is 1. The zero-order chi connectivity index (χ0) is 42.1. The molecule has 0 aliphatic carbocycles. The molecule has 4 aliphatic rings. The molecule has 1 aromatic heterocycles. The summed E-state index contributed by atoms with van der Waals surface area (Å²) in [6, 6.07) is 19.8. The van der Waals surface area contributed by atoms with Gasteiger partial charge < -0.3 is 46.3 Å². The van der Waals surface area contributed by atoms with Gasteiger partial charge in [0.25, 0.3) is 5.91 Å². The van der Waals surface area contributed by atoms with Crippen molar-refractivity contribution in [3.05, 3.63) is 113 Å². The number of imide groups is 1. The molecule has 0 radical (unpaired) electrons. The number of amides is 4. The van der Waals surface area contributed by atoms with E-state index in [1.165, 1.54) is 5.56 Å². The molecule has 4 saturated heterocycles. The molecular formula is C45H54FN9O5. The number of nitrogens with one attached hydrogen (secondary N) is 1. The van der Waals surface area contributed by atoms with Crippen LogP contribution >= 0.6 is 0 Å². The van der Waals surface area contributed by atoms with Crippen LogP contribution in [0.5, 0.6) is 5.75 Å². The Kier molecular flexibility index (Phi) is 11.5. The number of nitrogens with zero attached hydrogens (tertiary/aromatic N) is 5. The summed E-state index contributed by atoms with van der Waals surface area (Å²) < 4.78 is 24.6. The number of ether oxygens (including phenoxy) is 1. The fourth-order valence-electron chi connectivity index (χ4n) is 9.17. The Morgan fingerprint density at radius 3 is 2.38 bits per heavy atom. The lowest BCUT2D eigenvalue weighted by Gasteiger charge is -2.41. The number of morpholine rings is 1. The maximum Gasteiger partial charge on any atom is 0.328 e. The van der Waals surface area contributed by atoms with E-state index in [0.29, 0.717) is 87.2 Å². The lowest BCUT2D eigenvalue weighted by atomic mass is 9.87. The van der Waals surface area contributed by atoms with E-state index in [0.717, 1.165) is 48.1 Å². The first kappa shape index (κ1) is 40.7. The Morgan fingerprint density at radius 2 is 1.68 bits per heavy atom. The van der Waals surface area contributed by atoms with Crippen LogP contribution in [0.2, 0.25) is 0 Å². The molecule has 14 nitrogen and oxygen atoms in total. The Balaban J connectivity index is 0.826. The van der Waals surface area contributed by atoms with E-state index in [1.54, 1.807) is 52.3 Å². The van der Waals surface area contributed by atoms with E-state index in [9.17, 15) is 19.5 Å². The van der Waals surface area contributed by atoms with Crippen molar-refractivity contribution >= 4 is 40.1 Å². The molecule has 1 unspecified atom stereocenters. The van der Waals surface area contributed by atoms with Gasteiger partial charge in [-0.25, -0.2) is 9.18 Å². The molecule has 3 aromatic carbocycles. The van der Waals surface area contributed by atoms with Gasteiger partial charge in [-0.15, -0.1) is 0 Å². The number of carbonyl (C=O) groups excluding carboxylic acids is 3. The molecule has 8 rings (SSSR count). The van der Waals surface area contributed by atoms with Crippen LogP contribution in [0.15, 0.2) is 90.5 Å². The van der Waals surface area contributed by atoms with Crippen LogP contribution in [0.1, 0.15) is 71.2 Å². The number of piperidine rings is 2. The van der Waals surface area contributed by atoms with Crippen molar-refractivity contribution in [1.82, 2.24) is 24.6 Å². The Hall–Kier alpha value is -6.06. The number of phenolic OH excluding ortho intramolecular Hbond substituents is 1. The monoisotopic (exact) mass is 819 g/mol. The van der Waals surface area contributed by atoms with Crippen molar-refractivity contribution in [1.29, 1.82) is 0 Å². The van der Waals surface area contributed by atoms with Gasteiger partial charge in [0.1, 0.15) is 23.3 Å². The number of carbonyl (C=O) groups is 3. The quantitative estimate of drug-likeness (QED) is 0.149. The molecule has 4 aromatic rings. The van der Waals surface area contributed by atoms with E-state index in [4.69, 9.17) is 21.9 Å². The minimum Gasteiger partial charge on any atom is -0.507 e. The Labute approximate surface area is 349 Å². The van der Waals surface area contributed by atoms with E-state index >= 15 is 4.39 Å². The molecule has 4 fully saturated rings. The number of rotatable bonds is 9. The molecule has 316 valence electrons. The molecule has 0 bridgehead atoms. The number of benzene rings is 3. The molecule has 4 amide bonds. The average molecular weight is 820 g/mol. The number of alkyl halides is 1. The van der Waals surface area contributed by atoms with E-state index in [1.807, 2.05) is 36.2 Å². The van der Waals surface area contributed by atoms with Crippen LogP contribution in [0.4, 0.5) is 14.9 Å². The number of aromatic hydroxyl groups is 1. The minimum absolute atomic E-state index is 0.0561. The summed E-state index contributed by atoms with van der Waals surface area (Å²) in [7, 11) is 2.01. The van der Waals surface area contributed by atoms with Gasteiger partial charge in [0.2, 0.25) is 5.91 Å². The average Bonchev–Trinajstić information content (AvgIpc) is 3.58. The number of nitrogens with two attached hydrogens (primary N) is 3. The van der Waals surface area contributed by atoms with Gasteiger partial charge in [0, 0.05) is 99.7 Å². The first-order valence-corrected chi connectivity index (χ1v) is 20.7. The first-order valence-electron chi connectivity index (χ1n) is 20.7. The largest absolute Gasteiger partial charge is 0.507 e. The zero-order valence-electron chi connectivity index (χ0n) is 34.0. The smallest absolute Gasteiger partial charge is 0.328 e. The highest BCUT2D eigenvalue weighted by molar-refractivity contribution is 6.06. The van der Waals surface area contributed by atoms with Gasteiger partial charge in [-0.3, -0.25) is 19.8 Å². The van der Waals surface area contributed by atoms with Gasteiger partial charge in [-0.2, -0.15) is 0 Å². The number of anilines is 1.